The van der Waals surface area contributed by atoms with Crippen LogP contribution in [0.2, 0.25) is 0 Å². The van der Waals surface area contributed by atoms with E-state index in [-0.39, 0.29) is 0 Å². The van der Waals surface area contributed by atoms with Crippen LogP contribution in [-0.4, -0.2) is 18.1 Å². The van der Waals surface area contributed by atoms with Crippen LogP contribution in [0, 0.1) is 11.8 Å². The van der Waals surface area contributed by atoms with Crippen LogP contribution < -0.4 is 5.32 Å². The number of rotatable bonds is 6. The monoisotopic (exact) mass is 246 g/mol. The molecular formula is C16H26N2. The fourth-order valence-corrected chi connectivity index (χ4v) is 2.91. The summed E-state index contributed by atoms with van der Waals surface area (Å²) in [5, 5.41) is 3.60. The summed E-state index contributed by atoms with van der Waals surface area (Å²) < 4.78 is 0. The lowest BCUT2D eigenvalue weighted by atomic mass is 9.81. The molecule has 1 aliphatic carbocycles. The van der Waals surface area contributed by atoms with Gasteiger partial charge in [-0.2, -0.15) is 0 Å². The molecule has 0 radical (unpaired) electrons. The normalized spacial score (nSPS) is 24.1. The van der Waals surface area contributed by atoms with Crippen LogP contribution in [0.25, 0.3) is 0 Å². The first-order valence-electron chi connectivity index (χ1n) is 7.49. The quantitative estimate of drug-likeness (QED) is 0.778. The van der Waals surface area contributed by atoms with Gasteiger partial charge in [0.15, 0.2) is 0 Å². The smallest absolute Gasteiger partial charge is 0.0416 e. The van der Waals surface area contributed by atoms with Crippen molar-refractivity contribution in [2.75, 3.05) is 13.1 Å². The Bertz CT molecular complexity index is 315. The molecule has 1 aromatic heterocycles. The van der Waals surface area contributed by atoms with E-state index >= 15 is 0 Å². The van der Waals surface area contributed by atoms with Crippen molar-refractivity contribution in [2.45, 2.75) is 45.4 Å². The summed E-state index contributed by atoms with van der Waals surface area (Å²) >= 11 is 0. The highest BCUT2D eigenvalue weighted by Crippen LogP contribution is 2.29. The SMILES string of the molecule is CCC1CCC(CNCCc2ccccn2)CC1. The third kappa shape index (κ3) is 4.41. The van der Waals surface area contributed by atoms with Crippen LogP contribution in [0.1, 0.15) is 44.7 Å². The molecule has 0 amide bonds. The number of aromatic nitrogens is 1. The zero-order chi connectivity index (χ0) is 12.6. The Balaban J connectivity index is 1.56. The van der Waals surface area contributed by atoms with Crippen molar-refractivity contribution >= 4 is 0 Å². The molecule has 1 N–H and O–H groups in total. The Labute approximate surface area is 111 Å². The molecule has 0 aromatic carbocycles. The van der Waals surface area contributed by atoms with Gasteiger partial charge in [0.2, 0.25) is 0 Å². The first kappa shape index (κ1) is 13.5. The van der Waals surface area contributed by atoms with Gasteiger partial charge in [0.05, 0.1) is 0 Å². The maximum absolute atomic E-state index is 4.34. The van der Waals surface area contributed by atoms with Crippen LogP contribution in [-0.2, 0) is 6.42 Å². The van der Waals surface area contributed by atoms with Crippen molar-refractivity contribution in [1.29, 1.82) is 0 Å². The molecule has 0 aliphatic heterocycles. The topological polar surface area (TPSA) is 24.9 Å². The lowest BCUT2D eigenvalue weighted by Gasteiger charge is -2.27. The maximum Gasteiger partial charge on any atom is 0.0416 e. The number of hydrogen-bond acceptors (Lipinski definition) is 2. The highest BCUT2D eigenvalue weighted by molar-refractivity contribution is 5.03. The predicted molar refractivity (Wildman–Crippen MR) is 76.5 cm³/mol. The summed E-state index contributed by atoms with van der Waals surface area (Å²) in [4.78, 5) is 4.34. The Hall–Kier alpha value is -0.890. The molecule has 0 saturated heterocycles. The van der Waals surface area contributed by atoms with Crippen LogP contribution in [0.15, 0.2) is 24.4 Å². The van der Waals surface area contributed by atoms with E-state index in [0.717, 1.165) is 24.8 Å². The van der Waals surface area contributed by atoms with E-state index < -0.39 is 0 Å². The molecule has 0 bridgehead atoms. The van der Waals surface area contributed by atoms with Gasteiger partial charge in [0, 0.05) is 24.9 Å². The van der Waals surface area contributed by atoms with Crippen molar-refractivity contribution < 1.29 is 0 Å². The van der Waals surface area contributed by atoms with E-state index in [1.165, 1.54) is 44.3 Å². The summed E-state index contributed by atoms with van der Waals surface area (Å²) in [7, 11) is 0. The second kappa shape index (κ2) is 7.52. The minimum Gasteiger partial charge on any atom is -0.316 e. The predicted octanol–water partition coefficient (Wildman–Crippen LogP) is 3.43. The first-order chi connectivity index (χ1) is 8.88. The Morgan fingerprint density at radius 3 is 2.61 bits per heavy atom. The van der Waals surface area contributed by atoms with Crippen molar-refractivity contribution in [3.05, 3.63) is 30.1 Å². The Morgan fingerprint density at radius 2 is 1.94 bits per heavy atom. The Kier molecular flexibility index (Phi) is 5.66. The average molecular weight is 246 g/mol. The highest BCUT2D eigenvalue weighted by atomic mass is 14.9. The minimum atomic E-state index is 0.913. The molecule has 1 heterocycles. The third-order valence-corrected chi connectivity index (χ3v) is 4.26. The summed E-state index contributed by atoms with van der Waals surface area (Å²) in [5.41, 5.74) is 1.19. The fourth-order valence-electron chi connectivity index (χ4n) is 2.91. The second-order valence-electron chi connectivity index (χ2n) is 5.57. The summed E-state index contributed by atoms with van der Waals surface area (Å²) in [6.45, 7) is 4.59. The van der Waals surface area contributed by atoms with Gasteiger partial charge in [-0.3, -0.25) is 4.98 Å². The fraction of sp³-hybridized carbons (Fsp3) is 0.688. The first-order valence-corrected chi connectivity index (χ1v) is 7.49. The molecular weight excluding hydrogens is 220 g/mol. The van der Waals surface area contributed by atoms with Crippen LogP contribution in [0.4, 0.5) is 0 Å². The molecule has 0 spiro atoms. The van der Waals surface area contributed by atoms with Gasteiger partial charge in [0.25, 0.3) is 0 Å². The summed E-state index contributed by atoms with van der Waals surface area (Å²) in [6.07, 6.45) is 10.0. The molecule has 1 fully saturated rings. The number of nitrogens with one attached hydrogen (secondary N) is 1. The molecule has 2 nitrogen and oxygen atoms in total. The minimum absolute atomic E-state index is 0.913. The van der Waals surface area contributed by atoms with Crippen molar-refractivity contribution in [1.82, 2.24) is 10.3 Å². The van der Waals surface area contributed by atoms with Crippen LogP contribution in [0.3, 0.4) is 0 Å². The van der Waals surface area contributed by atoms with Gasteiger partial charge in [0.1, 0.15) is 0 Å². The number of pyridine rings is 1. The average Bonchev–Trinajstić information content (AvgIpc) is 2.45. The van der Waals surface area contributed by atoms with Crippen molar-refractivity contribution in [3.63, 3.8) is 0 Å². The van der Waals surface area contributed by atoms with Gasteiger partial charge in [-0.25, -0.2) is 0 Å². The van der Waals surface area contributed by atoms with Crippen LogP contribution in [0.5, 0.6) is 0 Å². The van der Waals surface area contributed by atoms with Gasteiger partial charge in [-0.15, -0.1) is 0 Å². The van der Waals surface area contributed by atoms with Crippen molar-refractivity contribution in [2.24, 2.45) is 11.8 Å². The number of nitrogens with zero attached hydrogens (tertiary/aromatic N) is 1. The lowest BCUT2D eigenvalue weighted by Crippen LogP contribution is -2.28. The lowest BCUT2D eigenvalue weighted by molar-refractivity contribution is 0.263. The zero-order valence-corrected chi connectivity index (χ0v) is 11.6. The molecule has 0 unspecified atom stereocenters. The highest BCUT2D eigenvalue weighted by Gasteiger charge is 2.19. The molecule has 2 heteroatoms. The second-order valence-corrected chi connectivity index (χ2v) is 5.57. The van der Waals surface area contributed by atoms with E-state index in [4.69, 9.17) is 0 Å². The third-order valence-electron chi connectivity index (χ3n) is 4.26. The van der Waals surface area contributed by atoms with E-state index in [0.29, 0.717) is 0 Å². The molecule has 1 saturated carbocycles. The van der Waals surface area contributed by atoms with Gasteiger partial charge >= 0.3 is 0 Å². The van der Waals surface area contributed by atoms with Crippen LogP contribution >= 0.6 is 0 Å². The van der Waals surface area contributed by atoms with E-state index in [2.05, 4.69) is 29.4 Å². The van der Waals surface area contributed by atoms with Gasteiger partial charge in [-0.05, 0) is 43.4 Å². The molecule has 1 aromatic rings. The maximum atomic E-state index is 4.34. The molecule has 1 aliphatic rings. The largest absolute Gasteiger partial charge is 0.316 e. The summed E-state index contributed by atoms with van der Waals surface area (Å²) in [5.74, 6) is 1.92. The van der Waals surface area contributed by atoms with E-state index in [9.17, 15) is 0 Å². The van der Waals surface area contributed by atoms with Gasteiger partial charge in [-0.1, -0.05) is 32.3 Å². The van der Waals surface area contributed by atoms with Crippen molar-refractivity contribution in [3.8, 4) is 0 Å². The molecule has 18 heavy (non-hydrogen) atoms. The zero-order valence-electron chi connectivity index (χ0n) is 11.6. The van der Waals surface area contributed by atoms with Gasteiger partial charge < -0.3 is 5.32 Å². The van der Waals surface area contributed by atoms with E-state index in [1.54, 1.807) is 0 Å². The standard InChI is InChI=1S/C16H26N2/c1-2-14-6-8-15(9-7-14)13-17-12-10-16-5-3-4-11-18-16/h3-5,11,14-15,17H,2,6-10,12-13H2,1H3. The number of hydrogen-bond donors (Lipinski definition) is 1. The molecule has 100 valence electrons. The Morgan fingerprint density at radius 1 is 1.17 bits per heavy atom. The van der Waals surface area contributed by atoms with E-state index in [1.807, 2.05) is 12.3 Å². The summed E-state index contributed by atoms with van der Waals surface area (Å²) in [6, 6.07) is 6.14. The molecule has 2 rings (SSSR count). The molecule has 0 atom stereocenters.